The molecule has 0 heterocycles. The van der Waals surface area contributed by atoms with Crippen molar-refractivity contribution in [1.29, 1.82) is 0 Å². The highest BCUT2D eigenvalue weighted by Crippen LogP contribution is 2.31. The SMILES string of the molecule is COC(=O)CCSc1ccc(C(=O)Nc2ccc3ccccc3c2)cc1[N+](=O)[O-]. The minimum absolute atomic E-state index is 0.141. The fourth-order valence-electron chi connectivity index (χ4n) is 2.74. The van der Waals surface area contributed by atoms with Crippen molar-refractivity contribution < 1.29 is 19.2 Å². The van der Waals surface area contributed by atoms with Gasteiger partial charge < -0.3 is 10.1 Å². The first-order valence-electron chi connectivity index (χ1n) is 8.76. The molecule has 0 aliphatic carbocycles. The smallest absolute Gasteiger partial charge is 0.306 e. The van der Waals surface area contributed by atoms with E-state index in [1.165, 1.54) is 37.1 Å². The average Bonchev–Trinajstić information content (AvgIpc) is 2.73. The fourth-order valence-corrected chi connectivity index (χ4v) is 3.67. The van der Waals surface area contributed by atoms with Crippen LogP contribution in [0.1, 0.15) is 16.8 Å². The van der Waals surface area contributed by atoms with Crippen molar-refractivity contribution in [3.8, 4) is 0 Å². The normalized spacial score (nSPS) is 10.5. The molecule has 0 spiro atoms. The molecule has 148 valence electrons. The Hall–Kier alpha value is -3.39. The maximum absolute atomic E-state index is 12.6. The molecule has 0 aliphatic heterocycles. The summed E-state index contributed by atoms with van der Waals surface area (Å²) < 4.78 is 4.56. The topological polar surface area (TPSA) is 98.5 Å². The van der Waals surface area contributed by atoms with Crippen molar-refractivity contribution in [1.82, 2.24) is 0 Å². The van der Waals surface area contributed by atoms with Crippen LogP contribution in [0.15, 0.2) is 65.6 Å². The average molecular weight is 410 g/mol. The number of nitro benzene ring substituents is 1. The third kappa shape index (κ3) is 5.11. The molecule has 0 aliphatic rings. The van der Waals surface area contributed by atoms with Crippen LogP contribution >= 0.6 is 11.8 Å². The zero-order valence-electron chi connectivity index (χ0n) is 15.6. The summed E-state index contributed by atoms with van der Waals surface area (Å²) in [6.45, 7) is 0. The van der Waals surface area contributed by atoms with Crippen molar-refractivity contribution in [3.05, 3.63) is 76.3 Å². The van der Waals surface area contributed by atoms with E-state index in [2.05, 4.69) is 10.1 Å². The first-order valence-corrected chi connectivity index (χ1v) is 9.74. The molecule has 3 aromatic carbocycles. The Kier molecular flexibility index (Phi) is 6.46. The van der Waals surface area contributed by atoms with E-state index in [0.29, 0.717) is 16.3 Å². The molecule has 29 heavy (non-hydrogen) atoms. The lowest BCUT2D eigenvalue weighted by Gasteiger charge is -2.08. The van der Waals surface area contributed by atoms with Gasteiger partial charge in [0.05, 0.1) is 23.3 Å². The van der Waals surface area contributed by atoms with Crippen LogP contribution in [0.2, 0.25) is 0 Å². The Morgan fingerprint density at radius 2 is 1.83 bits per heavy atom. The van der Waals surface area contributed by atoms with Crippen molar-refractivity contribution >= 4 is 45.8 Å². The van der Waals surface area contributed by atoms with Gasteiger partial charge in [-0.1, -0.05) is 30.3 Å². The van der Waals surface area contributed by atoms with Crippen LogP contribution in [-0.4, -0.2) is 29.7 Å². The van der Waals surface area contributed by atoms with Crippen molar-refractivity contribution in [2.75, 3.05) is 18.2 Å². The summed E-state index contributed by atoms with van der Waals surface area (Å²) in [7, 11) is 1.29. The van der Waals surface area contributed by atoms with E-state index < -0.39 is 10.8 Å². The van der Waals surface area contributed by atoms with Crippen LogP contribution in [0.25, 0.3) is 10.8 Å². The largest absolute Gasteiger partial charge is 0.469 e. The summed E-state index contributed by atoms with van der Waals surface area (Å²) >= 11 is 1.17. The molecule has 0 atom stereocenters. The maximum Gasteiger partial charge on any atom is 0.306 e. The zero-order chi connectivity index (χ0) is 20.8. The Morgan fingerprint density at radius 1 is 1.07 bits per heavy atom. The number of benzene rings is 3. The minimum Gasteiger partial charge on any atom is -0.469 e. The fraction of sp³-hybridized carbons (Fsp3) is 0.143. The number of rotatable bonds is 7. The Bertz CT molecular complexity index is 1080. The van der Waals surface area contributed by atoms with E-state index in [-0.39, 0.29) is 23.6 Å². The van der Waals surface area contributed by atoms with Gasteiger partial charge >= 0.3 is 5.97 Å². The summed E-state index contributed by atoms with van der Waals surface area (Å²) in [5, 5.41) is 16.2. The Morgan fingerprint density at radius 3 is 2.55 bits per heavy atom. The first-order chi connectivity index (χ1) is 14.0. The summed E-state index contributed by atoms with van der Waals surface area (Å²) in [5.41, 5.74) is 0.612. The summed E-state index contributed by atoms with van der Waals surface area (Å²) in [6.07, 6.45) is 0.141. The highest BCUT2D eigenvalue weighted by molar-refractivity contribution is 7.99. The number of esters is 1. The molecular formula is C21H18N2O5S. The lowest BCUT2D eigenvalue weighted by Crippen LogP contribution is -2.12. The van der Waals surface area contributed by atoms with Gasteiger partial charge in [0.1, 0.15) is 0 Å². The van der Waals surface area contributed by atoms with Gasteiger partial charge in [-0.25, -0.2) is 0 Å². The standard InChI is InChI=1S/C21H18N2O5S/c1-28-20(24)10-11-29-19-9-7-16(13-18(19)23(26)27)21(25)22-17-8-6-14-4-2-3-5-15(14)12-17/h2-9,12-13H,10-11H2,1H3,(H,22,25). The second-order valence-corrected chi connectivity index (χ2v) is 7.27. The number of carbonyl (C=O) groups is 2. The van der Waals surface area contributed by atoms with Crippen LogP contribution in [0.5, 0.6) is 0 Å². The van der Waals surface area contributed by atoms with E-state index in [9.17, 15) is 19.7 Å². The van der Waals surface area contributed by atoms with Crippen molar-refractivity contribution in [3.63, 3.8) is 0 Å². The van der Waals surface area contributed by atoms with Gasteiger partial charge in [0.25, 0.3) is 11.6 Å². The number of hydrogen-bond acceptors (Lipinski definition) is 6. The lowest BCUT2D eigenvalue weighted by atomic mass is 10.1. The van der Waals surface area contributed by atoms with Crippen LogP contribution in [0, 0.1) is 10.1 Å². The van der Waals surface area contributed by atoms with Crippen molar-refractivity contribution in [2.45, 2.75) is 11.3 Å². The highest BCUT2D eigenvalue weighted by atomic mass is 32.2. The van der Waals surface area contributed by atoms with E-state index in [1.807, 2.05) is 36.4 Å². The number of nitrogens with one attached hydrogen (secondary N) is 1. The number of nitrogens with zero attached hydrogens (tertiary/aromatic N) is 1. The number of anilines is 1. The molecule has 0 bridgehead atoms. The van der Waals surface area contributed by atoms with E-state index in [1.54, 1.807) is 6.07 Å². The number of thioether (sulfide) groups is 1. The summed E-state index contributed by atoms with van der Waals surface area (Å²) in [6, 6.07) is 17.6. The van der Waals surface area contributed by atoms with E-state index in [4.69, 9.17) is 0 Å². The van der Waals surface area contributed by atoms with Gasteiger partial charge in [0.2, 0.25) is 0 Å². The number of hydrogen-bond donors (Lipinski definition) is 1. The van der Waals surface area contributed by atoms with Crippen LogP contribution < -0.4 is 5.32 Å². The minimum atomic E-state index is -0.534. The molecule has 8 heteroatoms. The zero-order valence-corrected chi connectivity index (χ0v) is 16.4. The van der Waals surface area contributed by atoms with Gasteiger partial charge in [-0.15, -0.1) is 11.8 Å². The lowest BCUT2D eigenvalue weighted by molar-refractivity contribution is -0.387. The predicted molar refractivity (Wildman–Crippen MR) is 112 cm³/mol. The van der Waals surface area contributed by atoms with Crippen LogP contribution in [0.3, 0.4) is 0 Å². The van der Waals surface area contributed by atoms with Crippen LogP contribution in [0.4, 0.5) is 11.4 Å². The third-order valence-corrected chi connectivity index (χ3v) is 5.28. The Balaban J connectivity index is 1.76. The van der Waals surface area contributed by atoms with E-state index in [0.717, 1.165) is 10.8 Å². The predicted octanol–water partition coefficient (Wildman–Crippen LogP) is 4.66. The molecule has 3 rings (SSSR count). The van der Waals surface area contributed by atoms with Gasteiger partial charge in [0, 0.05) is 23.1 Å². The van der Waals surface area contributed by atoms with Gasteiger partial charge in [0.15, 0.2) is 0 Å². The number of methoxy groups -OCH3 is 1. The molecular weight excluding hydrogens is 392 g/mol. The molecule has 0 unspecified atom stereocenters. The number of carbonyl (C=O) groups excluding carboxylic acids is 2. The second kappa shape index (κ2) is 9.20. The molecule has 1 N–H and O–H groups in total. The third-order valence-electron chi connectivity index (χ3n) is 4.22. The van der Waals surface area contributed by atoms with Gasteiger partial charge in [-0.05, 0) is 35.0 Å². The molecule has 0 fully saturated rings. The number of fused-ring (bicyclic) bond motifs is 1. The summed E-state index contributed by atoms with van der Waals surface area (Å²) in [4.78, 5) is 35.1. The molecule has 7 nitrogen and oxygen atoms in total. The molecule has 0 radical (unpaired) electrons. The first kappa shape index (κ1) is 20.3. The van der Waals surface area contributed by atoms with Gasteiger partial charge in [-0.3, -0.25) is 19.7 Å². The van der Waals surface area contributed by atoms with Gasteiger partial charge in [-0.2, -0.15) is 0 Å². The molecule has 0 aromatic heterocycles. The maximum atomic E-state index is 12.6. The summed E-state index contributed by atoms with van der Waals surface area (Å²) in [5.74, 6) is -0.475. The number of ether oxygens (including phenoxy) is 1. The molecule has 3 aromatic rings. The van der Waals surface area contributed by atoms with E-state index >= 15 is 0 Å². The second-order valence-electron chi connectivity index (χ2n) is 6.13. The molecule has 0 saturated carbocycles. The molecule has 0 saturated heterocycles. The quantitative estimate of drug-likeness (QED) is 0.263. The monoisotopic (exact) mass is 410 g/mol. The number of amides is 1. The van der Waals surface area contributed by atoms with Crippen LogP contribution in [-0.2, 0) is 9.53 Å². The number of nitro groups is 1. The van der Waals surface area contributed by atoms with Crippen molar-refractivity contribution in [2.24, 2.45) is 0 Å². The Labute approximate surface area is 171 Å². The highest BCUT2D eigenvalue weighted by Gasteiger charge is 2.18. The molecule has 1 amide bonds.